The zero-order valence-electron chi connectivity index (χ0n) is 10.0. The maximum atomic E-state index is 12.1. The summed E-state index contributed by atoms with van der Waals surface area (Å²) in [5.74, 6) is 2.29. The molecule has 0 aromatic carbocycles. The number of hydrogen-bond donors (Lipinski definition) is 0. The monoisotopic (exact) mass is 306 g/mol. The van der Waals surface area contributed by atoms with Crippen LogP contribution in [0.25, 0.3) is 0 Å². The van der Waals surface area contributed by atoms with Crippen LogP contribution < -0.4 is 4.90 Å². The van der Waals surface area contributed by atoms with E-state index in [1.807, 2.05) is 4.90 Å². The van der Waals surface area contributed by atoms with E-state index in [0.717, 1.165) is 5.75 Å². The normalized spacial score (nSPS) is 21.0. The molecule has 2 heterocycles. The summed E-state index contributed by atoms with van der Waals surface area (Å²) in [5, 5.41) is -0.106. The van der Waals surface area contributed by atoms with E-state index in [1.165, 1.54) is 0 Å². The van der Waals surface area contributed by atoms with Gasteiger partial charge in [0.15, 0.2) is 9.84 Å². The molecule has 100 valence electrons. The van der Waals surface area contributed by atoms with Gasteiger partial charge in [0.25, 0.3) is 0 Å². The number of halogens is 1. The van der Waals surface area contributed by atoms with Crippen molar-refractivity contribution in [3.63, 3.8) is 0 Å². The van der Waals surface area contributed by atoms with Gasteiger partial charge in [0, 0.05) is 23.8 Å². The van der Waals surface area contributed by atoms with Gasteiger partial charge in [0.1, 0.15) is 16.3 Å². The molecule has 0 aliphatic carbocycles. The maximum Gasteiger partial charge on any atom is 0.171 e. The SMILES string of the molecule is CCS(=O)(=O)C1CSCCN1c1cccc(Cl)n1. The summed E-state index contributed by atoms with van der Waals surface area (Å²) in [6, 6.07) is 5.29. The van der Waals surface area contributed by atoms with Gasteiger partial charge in [0.2, 0.25) is 0 Å². The summed E-state index contributed by atoms with van der Waals surface area (Å²) < 4.78 is 24.2. The zero-order chi connectivity index (χ0) is 13.2. The van der Waals surface area contributed by atoms with Gasteiger partial charge >= 0.3 is 0 Å². The first-order valence-electron chi connectivity index (χ1n) is 5.73. The Balaban J connectivity index is 2.34. The highest BCUT2D eigenvalue weighted by atomic mass is 35.5. The second-order valence-electron chi connectivity index (χ2n) is 3.99. The van der Waals surface area contributed by atoms with Gasteiger partial charge in [-0.05, 0) is 12.1 Å². The minimum absolute atomic E-state index is 0.148. The van der Waals surface area contributed by atoms with Gasteiger partial charge in [0.05, 0.1) is 0 Å². The molecule has 1 atom stereocenters. The van der Waals surface area contributed by atoms with Crippen LogP contribution in [0, 0.1) is 0 Å². The van der Waals surface area contributed by atoms with Crippen molar-refractivity contribution in [2.45, 2.75) is 12.3 Å². The fourth-order valence-electron chi connectivity index (χ4n) is 1.89. The van der Waals surface area contributed by atoms with Crippen LogP contribution in [0.4, 0.5) is 5.82 Å². The topological polar surface area (TPSA) is 50.3 Å². The molecular weight excluding hydrogens is 292 g/mol. The van der Waals surface area contributed by atoms with Crippen LogP contribution in [0.2, 0.25) is 5.15 Å². The molecular formula is C11H15ClN2O2S2. The first-order chi connectivity index (χ1) is 8.54. The molecule has 18 heavy (non-hydrogen) atoms. The Labute approximate surface area is 117 Å². The first-order valence-corrected chi connectivity index (χ1v) is 8.98. The molecule has 1 aromatic heterocycles. The lowest BCUT2D eigenvalue weighted by atomic mass is 10.4. The molecule has 1 aliphatic rings. The number of anilines is 1. The second kappa shape index (κ2) is 5.67. The molecule has 0 spiro atoms. The fraction of sp³-hybridized carbons (Fsp3) is 0.545. The van der Waals surface area contributed by atoms with Gasteiger partial charge in [-0.3, -0.25) is 0 Å². The number of nitrogens with zero attached hydrogens (tertiary/aromatic N) is 2. The summed E-state index contributed by atoms with van der Waals surface area (Å²) in [7, 11) is -3.11. The Morgan fingerprint density at radius 2 is 2.33 bits per heavy atom. The van der Waals surface area contributed by atoms with Crippen LogP contribution in [0.5, 0.6) is 0 Å². The van der Waals surface area contributed by atoms with Crippen molar-refractivity contribution in [2.75, 3.05) is 28.7 Å². The highest BCUT2D eigenvalue weighted by Gasteiger charge is 2.33. The van der Waals surface area contributed by atoms with E-state index in [9.17, 15) is 8.42 Å². The minimum atomic E-state index is -3.11. The smallest absolute Gasteiger partial charge is 0.171 e. The van der Waals surface area contributed by atoms with E-state index < -0.39 is 15.2 Å². The molecule has 0 amide bonds. The van der Waals surface area contributed by atoms with Crippen molar-refractivity contribution >= 4 is 39.0 Å². The number of pyridine rings is 1. The van der Waals surface area contributed by atoms with Gasteiger partial charge in [-0.25, -0.2) is 13.4 Å². The van der Waals surface area contributed by atoms with Gasteiger partial charge in [-0.1, -0.05) is 24.6 Å². The summed E-state index contributed by atoms with van der Waals surface area (Å²) in [6.45, 7) is 2.36. The predicted molar refractivity (Wildman–Crippen MR) is 77.2 cm³/mol. The highest BCUT2D eigenvalue weighted by molar-refractivity contribution is 8.01. The predicted octanol–water partition coefficient (Wildman–Crippen LogP) is 2.05. The Bertz CT molecular complexity index is 522. The van der Waals surface area contributed by atoms with Crippen molar-refractivity contribution in [3.05, 3.63) is 23.4 Å². The average Bonchev–Trinajstić information content (AvgIpc) is 2.39. The van der Waals surface area contributed by atoms with Crippen LogP contribution in [-0.4, -0.2) is 42.6 Å². The molecule has 7 heteroatoms. The Hall–Kier alpha value is -0.460. The average molecular weight is 307 g/mol. The third kappa shape index (κ3) is 2.92. The van der Waals surface area contributed by atoms with Crippen molar-refractivity contribution in [1.82, 2.24) is 4.98 Å². The molecule has 4 nitrogen and oxygen atoms in total. The van der Waals surface area contributed by atoms with Gasteiger partial charge in [-0.15, -0.1) is 0 Å². The molecule has 2 rings (SSSR count). The second-order valence-corrected chi connectivity index (χ2v) is 7.98. The number of thioether (sulfide) groups is 1. The molecule has 0 radical (unpaired) electrons. The van der Waals surface area contributed by atoms with Crippen LogP contribution in [0.3, 0.4) is 0 Å². The molecule has 1 unspecified atom stereocenters. The Morgan fingerprint density at radius 3 is 3.00 bits per heavy atom. The van der Waals surface area contributed by atoms with Crippen LogP contribution in [-0.2, 0) is 9.84 Å². The summed E-state index contributed by atoms with van der Waals surface area (Å²) >= 11 is 7.53. The summed E-state index contributed by atoms with van der Waals surface area (Å²) in [6.07, 6.45) is 0. The zero-order valence-corrected chi connectivity index (χ0v) is 12.4. The fourth-order valence-corrected chi connectivity index (χ4v) is 5.03. The van der Waals surface area contributed by atoms with E-state index in [1.54, 1.807) is 36.9 Å². The Morgan fingerprint density at radius 1 is 1.56 bits per heavy atom. The molecule has 1 fully saturated rings. The van der Waals surface area contributed by atoms with Gasteiger partial charge in [-0.2, -0.15) is 11.8 Å². The van der Waals surface area contributed by atoms with Crippen LogP contribution in [0.15, 0.2) is 18.2 Å². The molecule has 1 saturated heterocycles. The minimum Gasteiger partial charge on any atom is -0.338 e. The summed E-state index contributed by atoms with van der Waals surface area (Å²) in [4.78, 5) is 6.06. The van der Waals surface area contributed by atoms with Crippen molar-refractivity contribution < 1.29 is 8.42 Å². The lowest BCUT2D eigenvalue weighted by molar-refractivity contribution is 0.579. The van der Waals surface area contributed by atoms with E-state index in [0.29, 0.717) is 23.3 Å². The molecule has 0 N–H and O–H groups in total. The highest BCUT2D eigenvalue weighted by Crippen LogP contribution is 2.26. The van der Waals surface area contributed by atoms with Gasteiger partial charge < -0.3 is 4.90 Å². The van der Waals surface area contributed by atoms with Crippen molar-refractivity contribution in [2.24, 2.45) is 0 Å². The number of sulfone groups is 1. The standard InChI is InChI=1S/C11H15ClN2O2S2/c1-2-18(15,16)11-8-17-7-6-14(11)10-5-3-4-9(12)13-10/h3-5,11H,2,6-8H2,1H3. The van der Waals surface area contributed by atoms with Crippen LogP contribution >= 0.6 is 23.4 Å². The maximum absolute atomic E-state index is 12.1. The third-order valence-corrected chi connectivity index (χ3v) is 6.40. The van der Waals surface area contributed by atoms with E-state index >= 15 is 0 Å². The lowest BCUT2D eigenvalue weighted by Crippen LogP contribution is -2.48. The summed E-state index contributed by atoms with van der Waals surface area (Å²) in [5.41, 5.74) is 0. The third-order valence-electron chi connectivity index (χ3n) is 2.90. The molecule has 0 saturated carbocycles. The largest absolute Gasteiger partial charge is 0.338 e. The number of rotatable bonds is 3. The molecule has 1 aromatic rings. The van der Waals surface area contributed by atoms with Crippen molar-refractivity contribution in [1.29, 1.82) is 0 Å². The molecule has 0 bridgehead atoms. The lowest BCUT2D eigenvalue weighted by Gasteiger charge is -2.35. The van der Waals surface area contributed by atoms with Crippen molar-refractivity contribution in [3.8, 4) is 0 Å². The number of hydrogen-bond acceptors (Lipinski definition) is 5. The van der Waals surface area contributed by atoms with E-state index in [4.69, 9.17) is 11.6 Å². The van der Waals surface area contributed by atoms with E-state index in [2.05, 4.69) is 4.98 Å². The first kappa shape index (κ1) is 14.0. The van der Waals surface area contributed by atoms with Crippen LogP contribution in [0.1, 0.15) is 6.92 Å². The molecule has 1 aliphatic heterocycles. The quantitative estimate of drug-likeness (QED) is 0.800. The number of aromatic nitrogens is 1. The van der Waals surface area contributed by atoms with E-state index in [-0.39, 0.29) is 5.75 Å². The Kier molecular flexibility index (Phi) is 4.40.